The zero-order chi connectivity index (χ0) is 12.1. The zero-order valence-electron chi connectivity index (χ0n) is 8.20. The van der Waals surface area contributed by atoms with Crippen molar-refractivity contribution in [1.82, 2.24) is 0 Å². The van der Waals surface area contributed by atoms with Crippen LogP contribution in [0.25, 0.3) is 0 Å². The van der Waals surface area contributed by atoms with Crippen LogP contribution in [0.15, 0.2) is 12.1 Å². The van der Waals surface area contributed by atoms with Crippen molar-refractivity contribution in [3.05, 3.63) is 28.0 Å². The van der Waals surface area contributed by atoms with Gasteiger partial charge in [-0.15, -0.1) is 11.6 Å². The fraction of sp³-hybridized carbons (Fsp3) is 0.300. The molecule has 16 heavy (non-hydrogen) atoms. The van der Waals surface area contributed by atoms with Gasteiger partial charge >= 0.3 is 0 Å². The van der Waals surface area contributed by atoms with Crippen molar-refractivity contribution in [2.45, 2.75) is 12.8 Å². The third-order valence-corrected chi connectivity index (χ3v) is 2.67. The van der Waals surface area contributed by atoms with E-state index in [9.17, 15) is 9.18 Å². The summed E-state index contributed by atoms with van der Waals surface area (Å²) >= 11 is 16.9. The first-order valence-electron chi connectivity index (χ1n) is 4.55. The third-order valence-electron chi connectivity index (χ3n) is 1.81. The summed E-state index contributed by atoms with van der Waals surface area (Å²) in [6.45, 7) is 0. The lowest BCUT2D eigenvalue weighted by Crippen LogP contribution is -2.12. The van der Waals surface area contributed by atoms with Gasteiger partial charge in [-0.05, 0) is 18.6 Å². The molecule has 88 valence electrons. The molecule has 0 aliphatic carbocycles. The first kappa shape index (κ1) is 13.6. The average molecular weight is 285 g/mol. The fourth-order valence-corrected chi connectivity index (χ4v) is 1.78. The van der Waals surface area contributed by atoms with E-state index in [2.05, 4.69) is 5.32 Å². The topological polar surface area (TPSA) is 29.1 Å². The highest BCUT2D eigenvalue weighted by Crippen LogP contribution is 2.31. The molecule has 0 unspecified atom stereocenters. The van der Waals surface area contributed by atoms with Gasteiger partial charge in [0.2, 0.25) is 5.91 Å². The van der Waals surface area contributed by atoms with Gasteiger partial charge in [-0.3, -0.25) is 4.79 Å². The molecule has 0 aromatic heterocycles. The van der Waals surface area contributed by atoms with Gasteiger partial charge in [-0.1, -0.05) is 23.2 Å². The Labute approximate surface area is 108 Å². The number of anilines is 1. The minimum absolute atomic E-state index is 0.0734. The van der Waals surface area contributed by atoms with Crippen LogP contribution in [-0.4, -0.2) is 11.8 Å². The molecule has 0 aliphatic heterocycles. The highest BCUT2D eigenvalue weighted by atomic mass is 35.5. The molecule has 1 amide bonds. The van der Waals surface area contributed by atoms with Crippen molar-refractivity contribution in [2.75, 3.05) is 11.2 Å². The lowest BCUT2D eigenvalue weighted by atomic mass is 10.2. The number of rotatable bonds is 4. The van der Waals surface area contributed by atoms with Crippen LogP contribution in [0.5, 0.6) is 0 Å². The maximum Gasteiger partial charge on any atom is 0.224 e. The van der Waals surface area contributed by atoms with Gasteiger partial charge in [0.25, 0.3) is 0 Å². The van der Waals surface area contributed by atoms with Crippen LogP contribution in [0.2, 0.25) is 10.0 Å². The van der Waals surface area contributed by atoms with Gasteiger partial charge in [0.1, 0.15) is 5.82 Å². The molecule has 6 heteroatoms. The van der Waals surface area contributed by atoms with Gasteiger partial charge in [-0.2, -0.15) is 0 Å². The van der Waals surface area contributed by atoms with Crippen LogP contribution < -0.4 is 5.32 Å². The Hall–Kier alpha value is -0.510. The summed E-state index contributed by atoms with van der Waals surface area (Å²) < 4.78 is 12.8. The molecule has 0 atom stereocenters. The minimum Gasteiger partial charge on any atom is -0.324 e. The predicted molar refractivity (Wildman–Crippen MR) is 65.0 cm³/mol. The highest BCUT2D eigenvalue weighted by molar-refractivity contribution is 6.39. The van der Waals surface area contributed by atoms with E-state index in [-0.39, 0.29) is 28.1 Å². The van der Waals surface area contributed by atoms with E-state index in [1.807, 2.05) is 0 Å². The summed E-state index contributed by atoms with van der Waals surface area (Å²) in [5.41, 5.74) is 0.226. The van der Waals surface area contributed by atoms with Gasteiger partial charge in [0, 0.05) is 12.3 Å². The fourth-order valence-electron chi connectivity index (χ4n) is 1.09. The highest BCUT2D eigenvalue weighted by Gasteiger charge is 2.11. The van der Waals surface area contributed by atoms with Crippen LogP contribution in [0.4, 0.5) is 10.1 Å². The smallest absolute Gasteiger partial charge is 0.224 e. The molecule has 1 aromatic carbocycles. The second kappa shape index (κ2) is 6.28. The van der Waals surface area contributed by atoms with Crippen molar-refractivity contribution in [3.63, 3.8) is 0 Å². The first-order chi connectivity index (χ1) is 7.54. The number of hydrogen-bond donors (Lipinski definition) is 1. The molecule has 0 fully saturated rings. The summed E-state index contributed by atoms with van der Waals surface area (Å²) in [5.74, 6) is -0.400. The maximum atomic E-state index is 12.8. The van der Waals surface area contributed by atoms with E-state index < -0.39 is 5.82 Å². The van der Waals surface area contributed by atoms with E-state index in [0.717, 1.165) is 12.1 Å². The summed E-state index contributed by atoms with van der Waals surface area (Å²) in [7, 11) is 0. The second-order valence-electron chi connectivity index (χ2n) is 3.09. The molecule has 0 bridgehead atoms. The number of benzene rings is 1. The van der Waals surface area contributed by atoms with Crippen molar-refractivity contribution in [1.29, 1.82) is 0 Å². The molecule has 1 rings (SSSR count). The molecule has 0 aliphatic rings. The van der Waals surface area contributed by atoms with E-state index >= 15 is 0 Å². The Morgan fingerprint density at radius 1 is 1.31 bits per heavy atom. The monoisotopic (exact) mass is 283 g/mol. The normalized spacial score (nSPS) is 10.2. The van der Waals surface area contributed by atoms with Crippen molar-refractivity contribution in [2.24, 2.45) is 0 Å². The molecule has 0 heterocycles. The summed E-state index contributed by atoms with van der Waals surface area (Å²) in [6.07, 6.45) is 0.831. The number of carbonyl (C=O) groups is 1. The zero-order valence-corrected chi connectivity index (χ0v) is 10.5. The first-order valence-corrected chi connectivity index (χ1v) is 5.84. The Morgan fingerprint density at radius 3 is 2.38 bits per heavy atom. The van der Waals surface area contributed by atoms with Crippen molar-refractivity contribution in [3.8, 4) is 0 Å². The number of halogens is 4. The van der Waals surface area contributed by atoms with Crippen LogP contribution in [0.3, 0.4) is 0 Å². The van der Waals surface area contributed by atoms with Crippen LogP contribution in [0, 0.1) is 5.82 Å². The molecular weight excluding hydrogens is 275 g/mol. The van der Waals surface area contributed by atoms with Gasteiger partial charge < -0.3 is 5.32 Å². The van der Waals surface area contributed by atoms with Gasteiger partial charge in [-0.25, -0.2) is 4.39 Å². The Balaban J connectivity index is 2.77. The molecule has 1 aromatic rings. The molecule has 1 N–H and O–H groups in total. The number of hydrogen-bond acceptors (Lipinski definition) is 1. The summed E-state index contributed by atoms with van der Waals surface area (Å²) in [4.78, 5) is 11.4. The van der Waals surface area contributed by atoms with Crippen LogP contribution in [-0.2, 0) is 4.79 Å². The molecule has 0 radical (unpaired) electrons. The quantitative estimate of drug-likeness (QED) is 0.829. The Morgan fingerprint density at radius 2 is 1.88 bits per heavy atom. The van der Waals surface area contributed by atoms with E-state index in [1.54, 1.807) is 0 Å². The largest absolute Gasteiger partial charge is 0.324 e. The molecule has 0 spiro atoms. The lowest BCUT2D eigenvalue weighted by Gasteiger charge is -2.08. The Kier molecular flexibility index (Phi) is 5.32. The standard InChI is InChI=1S/C10H9Cl3FNO/c11-3-1-2-9(16)15-10-7(12)4-6(14)5-8(10)13/h4-5H,1-3H2,(H,15,16). The number of amides is 1. The molecular formula is C10H9Cl3FNO. The predicted octanol–water partition coefficient (Wildman–Crippen LogP) is 4.09. The molecule has 2 nitrogen and oxygen atoms in total. The van der Waals surface area contributed by atoms with E-state index in [4.69, 9.17) is 34.8 Å². The minimum atomic E-state index is -0.547. The van der Waals surface area contributed by atoms with Crippen LogP contribution >= 0.6 is 34.8 Å². The lowest BCUT2D eigenvalue weighted by molar-refractivity contribution is -0.116. The molecule has 0 saturated heterocycles. The Bertz CT molecular complexity index is 375. The second-order valence-corrected chi connectivity index (χ2v) is 4.28. The van der Waals surface area contributed by atoms with Crippen molar-refractivity contribution >= 4 is 46.4 Å². The third kappa shape index (κ3) is 3.81. The summed E-state index contributed by atoms with van der Waals surface area (Å²) in [6, 6.07) is 2.18. The number of carbonyl (C=O) groups excluding carboxylic acids is 1. The maximum absolute atomic E-state index is 12.8. The average Bonchev–Trinajstić information content (AvgIpc) is 2.20. The van der Waals surface area contributed by atoms with E-state index in [1.165, 1.54) is 0 Å². The van der Waals surface area contributed by atoms with Crippen LogP contribution in [0.1, 0.15) is 12.8 Å². The number of nitrogens with one attached hydrogen (secondary N) is 1. The number of alkyl halides is 1. The SMILES string of the molecule is O=C(CCCCl)Nc1c(Cl)cc(F)cc1Cl. The summed E-state index contributed by atoms with van der Waals surface area (Å²) in [5, 5.41) is 2.66. The van der Waals surface area contributed by atoms with E-state index in [0.29, 0.717) is 12.3 Å². The molecule has 0 saturated carbocycles. The van der Waals surface area contributed by atoms with Crippen molar-refractivity contribution < 1.29 is 9.18 Å². The van der Waals surface area contributed by atoms with Gasteiger partial charge in [0.05, 0.1) is 15.7 Å². The van der Waals surface area contributed by atoms with Gasteiger partial charge in [0.15, 0.2) is 0 Å².